The molecule has 1 heterocycles. The zero-order valence-corrected chi connectivity index (χ0v) is 8.12. The highest BCUT2D eigenvalue weighted by Crippen LogP contribution is 2.18. The van der Waals surface area contributed by atoms with Gasteiger partial charge in [-0.15, -0.1) is 0 Å². The van der Waals surface area contributed by atoms with E-state index in [2.05, 4.69) is 0 Å². The van der Waals surface area contributed by atoms with Gasteiger partial charge in [0.2, 0.25) is 5.91 Å². The van der Waals surface area contributed by atoms with E-state index in [0.717, 1.165) is 13.0 Å². The second-order valence-corrected chi connectivity index (χ2v) is 3.67. The molecule has 0 aromatic heterocycles. The number of carbonyl (C=O) groups is 2. The minimum atomic E-state index is -0.252. The van der Waals surface area contributed by atoms with Crippen LogP contribution in [-0.4, -0.2) is 35.7 Å². The van der Waals surface area contributed by atoms with Gasteiger partial charge in [0, 0.05) is 6.54 Å². The Balaban J connectivity index is 2.49. The summed E-state index contributed by atoms with van der Waals surface area (Å²) >= 11 is 0. The van der Waals surface area contributed by atoms with Crippen LogP contribution < -0.4 is 5.73 Å². The molecule has 13 heavy (non-hydrogen) atoms. The third-order valence-electron chi connectivity index (χ3n) is 2.76. The van der Waals surface area contributed by atoms with Crippen molar-refractivity contribution in [1.29, 1.82) is 0 Å². The molecule has 1 aliphatic heterocycles. The molecule has 1 fully saturated rings. The van der Waals surface area contributed by atoms with Gasteiger partial charge in [-0.05, 0) is 26.8 Å². The highest BCUT2D eigenvalue weighted by molar-refractivity contribution is 5.81. The Morgan fingerprint density at radius 2 is 2.15 bits per heavy atom. The van der Waals surface area contributed by atoms with Gasteiger partial charge >= 0.3 is 0 Å². The second-order valence-electron chi connectivity index (χ2n) is 3.67. The molecule has 1 saturated heterocycles. The lowest BCUT2D eigenvalue weighted by Crippen LogP contribution is -2.37. The molecule has 0 aromatic carbocycles. The van der Waals surface area contributed by atoms with Crippen LogP contribution in [0.15, 0.2) is 0 Å². The SMILES string of the molecule is CC(=O)C(C)N1CCC(C(N)=O)C1. The fraction of sp³-hybridized carbons (Fsp3) is 0.778. The molecule has 2 atom stereocenters. The van der Waals surface area contributed by atoms with Crippen LogP contribution in [0, 0.1) is 5.92 Å². The van der Waals surface area contributed by atoms with Crippen LogP contribution in [0.2, 0.25) is 0 Å². The van der Waals surface area contributed by atoms with Gasteiger partial charge in [0.1, 0.15) is 5.78 Å². The Kier molecular flexibility index (Phi) is 3.03. The molecule has 2 N–H and O–H groups in total. The number of rotatable bonds is 3. The van der Waals surface area contributed by atoms with Crippen LogP contribution in [0.4, 0.5) is 0 Å². The minimum Gasteiger partial charge on any atom is -0.369 e. The average molecular weight is 184 g/mol. The predicted octanol–water partition coefficient (Wildman–Crippen LogP) is -0.229. The number of primary amides is 1. The smallest absolute Gasteiger partial charge is 0.221 e. The standard InChI is InChI=1S/C9H16N2O2/c1-6(7(2)12)11-4-3-8(5-11)9(10)13/h6,8H,3-5H2,1-2H3,(H2,10,13). The summed E-state index contributed by atoms with van der Waals surface area (Å²) in [5.74, 6) is -0.176. The maximum Gasteiger partial charge on any atom is 0.221 e. The first-order valence-corrected chi connectivity index (χ1v) is 4.56. The molecule has 0 radical (unpaired) electrons. The van der Waals surface area contributed by atoms with Crippen LogP contribution in [0.5, 0.6) is 0 Å². The number of hydrogen-bond acceptors (Lipinski definition) is 3. The Hall–Kier alpha value is -0.900. The first-order chi connectivity index (χ1) is 6.02. The summed E-state index contributed by atoms with van der Waals surface area (Å²) in [5.41, 5.74) is 5.19. The van der Waals surface area contributed by atoms with Gasteiger partial charge in [-0.3, -0.25) is 14.5 Å². The fourth-order valence-corrected chi connectivity index (χ4v) is 1.63. The number of nitrogens with two attached hydrogens (primary N) is 1. The predicted molar refractivity (Wildman–Crippen MR) is 49.0 cm³/mol. The minimum absolute atomic E-state index is 0.0678. The fourth-order valence-electron chi connectivity index (χ4n) is 1.63. The van der Waals surface area contributed by atoms with Gasteiger partial charge in [-0.1, -0.05) is 0 Å². The number of carbonyl (C=O) groups excluding carboxylic acids is 2. The number of ketones is 1. The highest BCUT2D eigenvalue weighted by Gasteiger charge is 2.30. The van der Waals surface area contributed by atoms with Crippen LogP contribution in [0.1, 0.15) is 20.3 Å². The number of nitrogens with zero attached hydrogens (tertiary/aromatic N) is 1. The summed E-state index contributed by atoms with van der Waals surface area (Å²) in [6.07, 6.45) is 0.785. The van der Waals surface area contributed by atoms with Gasteiger partial charge in [0.15, 0.2) is 0 Å². The molecule has 0 spiro atoms. The summed E-state index contributed by atoms with van der Waals surface area (Å²) in [7, 11) is 0. The number of likely N-dealkylation sites (tertiary alicyclic amines) is 1. The largest absolute Gasteiger partial charge is 0.369 e. The molecule has 0 bridgehead atoms. The summed E-state index contributed by atoms with van der Waals surface area (Å²) in [4.78, 5) is 23.9. The van der Waals surface area contributed by atoms with E-state index in [1.165, 1.54) is 0 Å². The van der Waals surface area contributed by atoms with Crippen molar-refractivity contribution < 1.29 is 9.59 Å². The summed E-state index contributed by atoms with van der Waals surface area (Å²) < 4.78 is 0. The van der Waals surface area contributed by atoms with Gasteiger partial charge in [0.25, 0.3) is 0 Å². The number of amides is 1. The molecule has 0 aromatic rings. The van der Waals surface area contributed by atoms with Crippen molar-refractivity contribution in [3.63, 3.8) is 0 Å². The Bertz CT molecular complexity index is 228. The maximum absolute atomic E-state index is 11.0. The van der Waals surface area contributed by atoms with Crippen molar-refractivity contribution >= 4 is 11.7 Å². The Labute approximate surface area is 78.1 Å². The van der Waals surface area contributed by atoms with Crippen molar-refractivity contribution in [1.82, 2.24) is 4.90 Å². The van der Waals surface area contributed by atoms with E-state index in [4.69, 9.17) is 5.73 Å². The third-order valence-corrected chi connectivity index (χ3v) is 2.76. The van der Waals surface area contributed by atoms with Crippen molar-refractivity contribution in [2.24, 2.45) is 11.7 Å². The zero-order valence-electron chi connectivity index (χ0n) is 8.12. The van der Waals surface area contributed by atoms with E-state index < -0.39 is 0 Å². The lowest BCUT2D eigenvalue weighted by molar-refractivity contribution is -0.123. The van der Waals surface area contributed by atoms with E-state index in [0.29, 0.717) is 6.54 Å². The summed E-state index contributed by atoms with van der Waals surface area (Å²) in [6, 6.07) is -0.0793. The van der Waals surface area contributed by atoms with E-state index in [1.54, 1.807) is 6.92 Å². The van der Waals surface area contributed by atoms with Crippen molar-refractivity contribution in [2.75, 3.05) is 13.1 Å². The lowest BCUT2D eigenvalue weighted by atomic mass is 10.1. The van der Waals surface area contributed by atoms with Crippen LogP contribution >= 0.6 is 0 Å². The van der Waals surface area contributed by atoms with E-state index in [-0.39, 0.29) is 23.7 Å². The Morgan fingerprint density at radius 1 is 1.54 bits per heavy atom. The molecule has 0 saturated carbocycles. The monoisotopic (exact) mass is 184 g/mol. The van der Waals surface area contributed by atoms with Crippen molar-refractivity contribution in [2.45, 2.75) is 26.3 Å². The van der Waals surface area contributed by atoms with E-state index in [1.807, 2.05) is 11.8 Å². The van der Waals surface area contributed by atoms with E-state index in [9.17, 15) is 9.59 Å². The average Bonchev–Trinajstić information content (AvgIpc) is 2.50. The van der Waals surface area contributed by atoms with Gasteiger partial charge in [0.05, 0.1) is 12.0 Å². The molecule has 1 amide bonds. The molecule has 0 aliphatic carbocycles. The summed E-state index contributed by atoms with van der Waals surface area (Å²) in [6.45, 7) is 4.87. The van der Waals surface area contributed by atoms with Gasteiger partial charge < -0.3 is 5.73 Å². The van der Waals surface area contributed by atoms with Gasteiger partial charge in [-0.2, -0.15) is 0 Å². The molecule has 74 valence electrons. The number of hydrogen-bond donors (Lipinski definition) is 1. The van der Waals surface area contributed by atoms with Gasteiger partial charge in [-0.25, -0.2) is 0 Å². The summed E-state index contributed by atoms with van der Waals surface area (Å²) in [5, 5.41) is 0. The number of Topliss-reactive ketones (excluding diaryl/α,β-unsaturated/α-hetero) is 1. The van der Waals surface area contributed by atoms with E-state index >= 15 is 0 Å². The normalized spacial score (nSPS) is 25.8. The third kappa shape index (κ3) is 2.28. The highest BCUT2D eigenvalue weighted by atomic mass is 16.1. The quantitative estimate of drug-likeness (QED) is 0.659. The second kappa shape index (κ2) is 3.87. The Morgan fingerprint density at radius 3 is 2.54 bits per heavy atom. The zero-order chi connectivity index (χ0) is 10.0. The first-order valence-electron chi connectivity index (χ1n) is 4.56. The van der Waals surface area contributed by atoms with Crippen molar-refractivity contribution in [3.05, 3.63) is 0 Å². The van der Waals surface area contributed by atoms with Crippen LogP contribution in [0.25, 0.3) is 0 Å². The molecule has 4 nitrogen and oxygen atoms in total. The van der Waals surface area contributed by atoms with Crippen LogP contribution in [0.3, 0.4) is 0 Å². The molecule has 1 rings (SSSR count). The van der Waals surface area contributed by atoms with Crippen molar-refractivity contribution in [3.8, 4) is 0 Å². The maximum atomic E-state index is 11.0. The molecule has 2 unspecified atom stereocenters. The molecular weight excluding hydrogens is 168 g/mol. The van der Waals surface area contributed by atoms with Crippen LogP contribution in [-0.2, 0) is 9.59 Å². The lowest BCUT2D eigenvalue weighted by Gasteiger charge is -2.21. The molecular formula is C9H16N2O2. The molecule has 1 aliphatic rings. The first kappa shape index (κ1) is 10.2. The molecule has 4 heteroatoms. The topological polar surface area (TPSA) is 63.4 Å².